The smallest absolute Gasteiger partial charge is 0.162 e. The molecule has 5 nitrogen and oxygen atoms in total. The van der Waals surface area contributed by atoms with Gasteiger partial charge in [-0.3, -0.25) is 0 Å². The van der Waals surface area contributed by atoms with Crippen LogP contribution in [0.2, 0.25) is 0 Å². The summed E-state index contributed by atoms with van der Waals surface area (Å²) < 4.78 is 10.8. The van der Waals surface area contributed by atoms with E-state index in [2.05, 4.69) is 64.7 Å². The van der Waals surface area contributed by atoms with Crippen LogP contribution in [0, 0.1) is 0 Å². The first-order valence-electron chi connectivity index (χ1n) is 8.82. The molecule has 0 spiro atoms. The summed E-state index contributed by atoms with van der Waals surface area (Å²) in [6.45, 7) is 2.14. The summed E-state index contributed by atoms with van der Waals surface area (Å²) in [5.74, 6) is 2.07. The van der Waals surface area contributed by atoms with Crippen molar-refractivity contribution in [3.63, 3.8) is 0 Å². The van der Waals surface area contributed by atoms with Crippen molar-refractivity contribution in [3.05, 3.63) is 66.5 Å². The quantitative estimate of drug-likeness (QED) is 0.545. The molecule has 136 valence electrons. The van der Waals surface area contributed by atoms with Crippen LogP contribution in [-0.2, 0) is 0 Å². The fourth-order valence-electron chi connectivity index (χ4n) is 3.41. The molecule has 0 radical (unpaired) electrons. The zero-order valence-electron chi connectivity index (χ0n) is 15.6. The minimum atomic E-state index is 0.0716. The maximum atomic E-state index is 5.44. The third-order valence-electron chi connectivity index (χ3n) is 4.78. The van der Waals surface area contributed by atoms with Crippen LogP contribution in [0.15, 0.2) is 60.9 Å². The fourth-order valence-corrected chi connectivity index (χ4v) is 3.41. The van der Waals surface area contributed by atoms with E-state index in [9.17, 15) is 0 Å². The molecule has 0 bridgehead atoms. The number of fused-ring (bicyclic) bond motifs is 2. The Bertz CT molecular complexity index is 1110. The second-order valence-corrected chi connectivity index (χ2v) is 6.38. The molecule has 27 heavy (non-hydrogen) atoms. The van der Waals surface area contributed by atoms with E-state index in [-0.39, 0.29) is 6.04 Å². The zero-order chi connectivity index (χ0) is 18.8. The Morgan fingerprint density at radius 2 is 1.59 bits per heavy atom. The van der Waals surface area contributed by atoms with Gasteiger partial charge in [0, 0.05) is 11.5 Å². The average Bonchev–Trinajstić information content (AvgIpc) is 2.72. The minimum absolute atomic E-state index is 0.0716. The Morgan fingerprint density at radius 1 is 0.852 bits per heavy atom. The molecule has 4 rings (SSSR count). The van der Waals surface area contributed by atoms with Crippen molar-refractivity contribution in [2.45, 2.75) is 13.0 Å². The molecule has 0 aliphatic heterocycles. The largest absolute Gasteiger partial charge is 0.493 e. The van der Waals surface area contributed by atoms with Crippen molar-refractivity contribution in [1.82, 2.24) is 9.97 Å². The van der Waals surface area contributed by atoms with Crippen molar-refractivity contribution in [2.75, 3.05) is 19.5 Å². The molecule has 1 heterocycles. The van der Waals surface area contributed by atoms with E-state index < -0.39 is 0 Å². The molecule has 1 N–H and O–H groups in total. The summed E-state index contributed by atoms with van der Waals surface area (Å²) in [6, 6.07) is 18.6. The Kier molecular flexibility index (Phi) is 4.50. The molecule has 0 fully saturated rings. The lowest BCUT2D eigenvalue weighted by Crippen LogP contribution is -2.09. The predicted octanol–water partition coefficient (Wildman–Crippen LogP) is 4.97. The van der Waals surface area contributed by atoms with E-state index in [0.29, 0.717) is 11.5 Å². The highest BCUT2D eigenvalue weighted by atomic mass is 16.5. The number of methoxy groups -OCH3 is 2. The zero-order valence-corrected chi connectivity index (χ0v) is 15.6. The van der Waals surface area contributed by atoms with Crippen molar-refractivity contribution in [2.24, 2.45) is 0 Å². The molecule has 0 unspecified atom stereocenters. The second-order valence-electron chi connectivity index (χ2n) is 6.38. The molecule has 0 amide bonds. The second kappa shape index (κ2) is 7.11. The topological polar surface area (TPSA) is 56.3 Å². The number of ether oxygens (including phenoxy) is 2. The van der Waals surface area contributed by atoms with E-state index in [1.165, 1.54) is 16.3 Å². The SMILES string of the molecule is COc1cc2ncnc(N[C@H](C)c3cccc4ccccc34)c2cc1OC. The number of hydrogen-bond acceptors (Lipinski definition) is 5. The summed E-state index contributed by atoms with van der Waals surface area (Å²) >= 11 is 0. The first kappa shape index (κ1) is 17.1. The molecule has 5 heteroatoms. The monoisotopic (exact) mass is 359 g/mol. The van der Waals surface area contributed by atoms with Gasteiger partial charge in [-0.1, -0.05) is 42.5 Å². The van der Waals surface area contributed by atoms with E-state index in [1.54, 1.807) is 20.5 Å². The van der Waals surface area contributed by atoms with E-state index in [0.717, 1.165) is 16.7 Å². The van der Waals surface area contributed by atoms with Gasteiger partial charge in [0.15, 0.2) is 11.5 Å². The van der Waals surface area contributed by atoms with Crippen LogP contribution in [0.4, 0.5) is 5.82 Å². The Labute approximate surface area is 158 Å². The highest BCUT2D eigenvalue weighted by Crippen LogP contribution is 2.35. The van der Waals surface area contributed by atoms with Crippen LogP contribution in [0.3, 0.4) is 0 Å². The number of benzene rings is 3. The van der Waals surface area contributed by atoms with Crippen LogP contribution in [-0.4, -0.2) is 24.2 Å². The lowest BCUT2D eigenvalue weighted by atomic mass is 9.99. The Balaban J connectivity index is 1.76. The fraction of sp³-hybridized carbons (Fsp3) is 0.182. The van der Waals surface area contributed by atoms with Gasteiger partial charge in [0.2, 0.25) is 0 Å². The van der Waals surface area contributed by atoms with Gasteiger partial charge in [0.25, 0.3) is 0 Å². The molecule has 0 aliphatic rings. The summed E-state index contributed by atoms with van der Waals surface area (Å²) in [5.41, 5.74) is 2.02. The van der Waals surface area contributed by atoms with Crippen LogP contribution < -0.4 is 14.8 Å². The summed E-state index contributed by atoms with van der Waals surface area (Å²) in [7, 11) is 3.24. The van der Waals surface area contributed by atoms with E-state index in [1.807, 2.05) is 12.1 Å². The number of rotatable bonds is 5. The van der Waals surface area contributed by atoms with E-state index >= 15 is 0 Å². The molecule has 0 saturated carbocycles. The van der Waals surface area contributed by atoms with Gasteiger partial charge in [0.1, 0.15) is 12.1 Å². The summed E-state index contributed by atoms with van der Waals surface area (Å²) in [5, 5.41) is 6.88. The molecule has 0 aliphatic carbocycles. The molecule has 3 aromatic carbocycles. The maximum Gasteiger partial charge on any atom is 0.162 e. The lowest BCUT2D eigenvalue weighted by molar-refractivity contribution is 0.356. The minimum Gasteiger partial charge on any atom is -0.493 e. The summed E-state index contributed by atoms with van der Waals surface area (Å²) in [4.78, 5) is 8.83. The normalized spacial score (nSPS) is 12.1. The van der Waals surface area contributed by atoms with Gasteiger partial charge in [-0.25, -0.2) is 9.97 Å². The summed E-state index contributed by atoms with van der Waals surface area (Å²) in [6.07, 6.45) is 1.56. The third-order valence-corrected chi connectivity index (χ3v) is 4.78. The van der Waals surface area contributed by atoms with Gasteiger partial charge < -0.3 is 14.8 Å². The molecule has 1 atom stereocenters. The standard InChI is InChI=1S/C22H21N3O2/c1-14(16-10-6-8-15-7-4-5-9-17(15)16)25-22-18-11-20(26-2)21(27-3)12-19(18)23-13-24-22/h4-14H,1-3H3,(H,23,24,25)/t14-/m1/s1. The maximum absolute atomic E-state index is 5.44. The molecular weight excluding hydrogens is 338 g/mol. The third kappa shape index (κ3) is 3.12. The Hall–Kier alpha value is -3.34. The van der Waals surface area contributed by atoms with Crippen molar-refractivity contribution in [1.29, 1.82) is 0 Å². The van der Waals surface area contributed by atoms with Crippen molar-refractivity contribution >= 4 is 27.5 Å². The van der Waals surface area contributed by atoms with Gasteiger partial charge in [-0.2, -0.15) is 0 Å². The van der Waals surface area contributed by atoms with Gasteiger partial charge >= 0.3 is 0 Å². The molecule has 1 aromatic heterocycles. The van der Waals surface area contributed by atoms with Crippen LogP contribution in [0.25, 0.3) is 21.7 Å². The van der Waals surface area contributed by atoms with Gasteiger partial charge in [0.05, 0.1) is 25.8 Å². The number of nitrogens with one attached hydrogen (secondary N) is 1. The highest BCUT2D eigenvalue weighted by Gasteiger charge is 2.14. The lowest BCUT2D eigenvalue weighted by Gasteiger charge is -2.18. The molecule has 4 aromatic rings. The Morgan fingerprint density at radius 3 is 2.41 bits per heavy atom. The first-order valence-corrected chi connectivity index (χ1v) is 8.82. The van der Waals surface area contributed by atoms with Crippen LogP contribution in [0.5, 0.6) is 11.5 Å². The highest BCUT2D eigenvalue weighted by molar-refractivity contribution is 5.92. The first-order chi connectivity index (χ1) is 13.2. The number of anilines is 1. The molecule has 0 saturated heterocycles. The number of hydrogen-bond donors (Lipinski definition) is 1. The number of nitrogens with zero attached hydrogens (tertiary/aromatic N) is 2. The van der Waals surface area contributed by atoms with E-state index in [4.69, 9.17) is 9.47 Å². The number of aromatic nitrogens is 2. The van der Waals surface area contributed by atoms with Crippen molar-refractivity contribution < 1.29 is 9.47 Å². The average molecular weight is 359 g/mol. The predicted molar refractivity (Wildman–Crippen MR) is 109 cm³/mol. The molecular formula is C22H21N3O2. The van der Waals surface area contributed by atoms with Crippen LogP contribution in [0.1, 0.15) is 18.5 Å². The van der Waals surface area contributed by atoms with Crippen LogP contribution >= 0.6 is 0 Å². The van der Waals surface area contributed by atoms with Crippen molar-refractivity contribution in [3.8, 4) is 11.5 Å². The van der Waals surface area contributed by atoms with Gasteiger partial charge in [-0.15, -0.1) is 0 Å². The van der Waals surface area contributed by atoms with Gasteiger partial charge in [-0.05, 0) is 29.3 Å².